The van der Waals surface area contributed by atoms with Gasteiger partial charge in [-0.1, -0.05) is 6.92 Å². The fraction of sp³-hybridized carbons (Fsp3) is 0.364. The lowest BCUT2D eigenvalue weighted by molar-refractivity contribution is -0.384. The molecule has 17 heavy (non-hydrogen) atoms. The van der Waals surface area contributed by atoms with Gasteiger partial charge in [0.15, 0.2) is 0 Å². The summed E-state index contributed by atoms with van der Waals surface area (Å²) in [6, 6.07) is 5.48. The minimum atomic E-state index is -0.502. The van der Waals surface area contributed by atoms with Crippen LogP contribution in [0.1, 0.15) is 17.3 Å². The molecule has 0 aliphatic carbocycles. The van der Waals surface area contributed by atoms with Gasteiger partial charge in [-0.15, -0.1) is 0 Å². The van der Waals surface area contributed by atoms with Crippen LogP contribution < -0.4 is 11.1 Å². The van der Waals surface area contributed by atoms with Crippen LogP contribution in [-0.2, 0) is 0 Å². The van der Waals surface area contributed by atoms with Gasteiger partial charge in [-0.3, -0.25) is 14.9 Å². The first-order chi connectivity index (χ1) is 8.04. The largest absolute Gasteiger partial charge is 0.352 e. The zero-order chi connectivity index (χ0) is 12.8. The number of nitro benzene ring substituents is 1. The number of hydrogen-bond acceptors (Lipinski definition) is 4. The molecule has 0 radical (unpaired) electrons. The van der Waals surface area contributed by atoms with Crippen molar-refractivity contribution in [3.05, 3.63) is 39.9 Å². The van der Waals surface area contributed by atoms with E-state index in [1.165, 1.54) is 24.3 Å². The van der Waals surface area contributed by atoms with Crippen LogP contribution in [0.25, 0.3) is 0 Å². The van der Waals surface area contributed by atoms with Crippen LogP contribution in [0.5, 0.6) is 0 Å². The van der Waals surface area contributed by atoms with Crippen molar-refractivity contribution in [2.45, 2.75) is 6.92 Å². The maximum absolute atomic E-state index is 11.6. The van der Waals surface area contributed by atoms with Crippen molar-refractivity contribution < 1.29 is 9.72 Å². The van der Waals surface area contributed by atoms with Crippen LogP contribution in [0, 0.1) is 16.0 Å². The first-order valence-corrected chi connectivity index (χ1v) is 5.27. The third kappa shape index (κ3) is 3.84. The van der Waals surface area contributed by atoms with Gasteiger partial charge in [-0.2, -0.15) is 0 Å². The van der Waals surface area contributed by atoms with Gasteiger partial charge in [0.25, 0.3) is 11.6 Å². The third-order valence-corrected chi connectivity index (χ3v) is 2.35. The van der Waals surface area contributed by atoms with E-state index < -0.39 is 4.92 Å². The van der Waals surface area contributed by atoms with Crippen LogP contribution >= 0.6 is 0 Å². The smallest absolute Gasteiger partial charge is 0.269 e. The molecule has 92 valence electrons. The zero-order valence-electron chi connectivity index (χ0n) is 9.55. The molecule has 0 aliphatic heterocycles. The van der Waals surface area contributed by atoms with Crippen molar-refractivity contribution in [3.8, 4) is 0 Å². The number of nitrogens with two attached hydrogens (primary N) is 1. The molecule has 1 aromatic carbocycles. The molecular formula is C11H15N3O3. The van der Waals surface area contributed by atoms with Gasteiger partial charge in [0.05, 0.1) is 4.92 Å². The average molecular weight is 237 g/mol. The second-order valence-electron chi connectivity index (χ2n) is 3.85. The number of benzene rings is 1. The number of carbonyl (C=O) groups excluding carboxylic acids is 1. The number of hydrogen-bond donors (Lipinski definition) is 2. The van der Waals surface area contributed by atoms with Gasteiger partial charge in [0.2, 0.25) is 0 Å². The zero-order valence-corrected chi connectivity index (χ0v) is 9.55. The molecule has 0 heterocycles. The molecule has 0 aromatic heterocycles. The molecule has 0 bridgehead atoms. The summed E-state index contributed by atoms with van der Waals surface area (Å²) in [5.41, 5.74) is 5.80. The van der Waals surface area contributed by atoms with E-state index in [9.17, 15) is 14.9 Å². The van der Waals surface area contributed by atoms with Crippen molar-refractivity contribution >= 4 is 11.6 Å². The lowest BCUT2D eigenvalue weighted by Gasteiger charge is -2.09. The fourth-order valence-corrected chi connectivity index (χ4v) is 1.19. The normalized spacial score (nSPS) is 11.9. The number of nitrogens with one attached hydrogen (secondary N) is 1. The Hall–Kier alpha value is -1.95. The molecule has 3 N–H and O–H groups in total. The summed E-state index contributed by atoms with van der Waals surface area (Å²) in [6.45, 7) is 2.92. The number of rotatable bonds is 5. The van der Waals surface area contributed by atoms with E-state index >= 15 is 0 Å². The Kier molecular flexibility index (Phi) is 4.59. The molecule has 1 rings (SSSR count). The molecule has 0 saturated carbocycles. The molecule has 1 unspecified atom stereocenters. The summed E-state index contributed by atoms with van der Waals surface area (Å²) < 4.78 is 0. The van der Waals surface area contributed by atoms with E-state index in [0.29, 0.717) is 18.7 Å². The maximum Gasteiger partial charge on any atom is 0.269 e. The van der Waals surface area contributed by atoms with Crippen molar-refractivity contribution in [1.29, 1.82) is 0 Å². The quantitative estimate of drug-likeness (QED) is 0.587. The first-order valence-electron chi connectivity index (χ1n) is 5.27. The molecular weight excluding hydrogens is 222 g/mol. The Morgan fingerprint density at radius 1 is 1.47 bits per heavy atom. The van der Waals surface area contributed by atoms with Gasteiger partial charge in [-0.05, 0) is 24.6 Å². The molecule has 0 spiro atoms. The van der Waals surface area contributed by atoms with E-state index in [-0.39, 0.29) is 17.5 Å². The monoisotopic (exact) mass is 237 g/mol. The molecule has 1 atom stereocenters. The highest BCUT2D eigenvalue weighted by atomic mass is 16.6. The summed E-state index contributed by atoms with van der Waals surface area (Å²) in [6.07, 6.45) is 0. The Bertz CT molecular complexity index is 403. The summed E-state index contributed by atoms with van der Waals surface area (Å²) >= 11 is 0. The summed E-state index contributed by atoms with van der Waals surface area (Å²) in [4.78, 5) is 21.5. The van der Waals surface area contributed by atoms with Gasteiger partial charge in [-0.25, -0.2) is 0 Å². The minimum absolute atomic E-state index is 0.0307. The third-order valence-electron chi connectivity index (χ3n) is 2.35. The molecule has 1 amide bonds. The van der Waals surface area contributed by atoms with Crippen molar-refractivity contribution in [2.75, 3.05) is 13.1 Å². The van der Waals surface area contributed by atoms with E-state index in [1.54, 1.807) is 0 Å². The second kappa shape index (κ2) is 5.95. The van der Waals surface area contributed by atoms with E-state index in [0.717, 1.165) is 0 Å². The van der Waals surface area contributed by atoms with Gasteiger partial charge < -0.3 is 11.1 Å². The lowest BCUT2D eigenvalue weighted by atomic mass is 10.1. The van der Waals surface area contributed by atoms with E-state index in [4.69, 9.17) is 5.73 Å². The van der Waals surface area contributed by atoms with Crippen molar-refractivity contribution in [1.82, 2.24) is 5.32 Å². The molecule has 0 aliphatic rings. The van der Waals surface area contributed by atoms with Crippen molar-refractivity contribution in [2.24, 2.45) is 11.7 Å². The van der Waals surface area contributed by atoms with E-state index in [1.807, 2.05) is 6.92 Å². The molecule has 0 saturated heterocycles. The highest BCUT2D eigenvalue weighted by Crippen LogP contribution is 2.11. The molecule has 6 heteroatoms. The lowest BCUT2D eigenvalue weighted by Crippen LogP contribution is -2.31. The highest BCUT2D eigenvalue weighted by Gasteiger charge is 2.09. The highest BCUT2D eigenvalue weighted by molar-refractivity contribution is 5.94. The fourth-order valence-electron chi connectivity index (χ4n) is 1.19. The Labute approximate surface area is 99.0 Å². The van der Waals surface area contributed by atoms with Gasteiger partial charge >= 0.3 is 0 Å². The topological polar surface area (TPSA) is 98.3 Å². The number of amides is 1. The Morgan fingerprint density at radius 2 is 2.06 bits per heavy atom. The summed E-state index contributed by atoms with van der Waals surface area (Å²) in [7, 11) is 0. The number of nitro groups is 1. The predicted molar refractivity (Wildman–Crippen MR) is 63.6 cm³/mol. The van der Waals surface area contributed by atoms with Gasteiger partial charge in [0.1, 0.15) is 0 Å². The average Bonchev–Trinajstić information content (AvgIpc) is 2.35. The predicted octanol–water partition coefficient (Wildman–Crippen LogP) is 0.919. The van der Waals surface area contributed by atoms with Crippen molar-refractivity contribution in [3.63, 3.8) is 0 Å². The van der Waals surface area contributed by atoms with Crippen LogP contribution in [0.15, 0.2) is 24.3 Å². The van der Waals surface area contributed by atoms with E-state index in [2.05, 4.69) is 5.32 Å². The standard InChI is InChI=1S/C11H15N3O3/c1-8(6-12)7-13-11(15)9-2-4-10(5-3-9)14(16)17/h2-5,8H,6-7,12H2,1H3,(H,13,15). The van der Waals surface area contributed by atoms with Crippen LogP contribution in [0.2, 0.25) is 0 Å². The summed E-state index contributed by atoms with van der Waals surface area (Å²) in [5, 5.41) is 13.1. The molecule has 6 nitrogen and oxygen atoms in total. The molecule has 0 fully saturated rings. The van der Waals surface area contributed by atoms with Crippen LogP contribution in [0.4, 0.5) is 5.69 Å². The Balaban J connectivity index is 2.61. The summed E-state index contributed by atoms with van der Waals surface area (Å²) in [5.74, 6) is -0.0443. The molecule has 1 aromatic rings. The van der Waals surface area contributed by atoms with Gasteiger partial charge in [0, 0.05) is 24.2 Å². The van der Waals surface area contributed by atoms with Crippen LogP contribution in [-0.4, -0.2) is 23.9 Å². The SMILES string of the molecule is CC(CN)CNC(=O)c1ccc([N+](=O)[O-])cc1. The maximum atomic E-state index is 11.6. The number of carbonyl (C=O) groups is 1. The number of nitrogens with zero attached hydrogens (tertiary/aromatic N) is 1. The Morgan fingerprint density at radius 3 is 2.53 bits per heavy atom. The van der Waals surface area contributed by atoms with Crippen LogP contribution in [0.3, 0.4) is 0 Å². The second-order valence-corrected chi connectivity index (χ2v) is 3.85. The minimum Gasteiger partial charge on any atom is -0.352 e. The number of non-ortho nitro benzene ring substituents is 1. The first kappa shape index (κ1) is 13.1.